The Morgan fingerprint density at radius 2 is 2.10 bits per heavy atom. The molecule has 0 saturated carbocycles. The number of nitrogens with one attached hydrogen (secondary N) is 1. The van der Waals surface area contributed by atoms with Crippen molar-refractivity contribution in [3.8, 4) is 11.5 Å². The number of carbonyl (C=O) groups excluding carboxylic acids is 2. The van der Waals surface area contributed by atoms with E-state index in [1.54, 1.807) is 6.92 Å². The molecule has 1 aromatic carbocycles. The van der Waals surface area contributed by atoms with E-state index in [1.165, 1.54) is 28.2 Å². The van der Waals surface area contributed by atoms with Gasteiger partial charge in [-0.2, -0.15) is 0 Å². The summed E-state index contributed by atoms with van der Waals surface area (Å²) >= 11 is 1.50. The van der Waals surface area contributed by atoms with Gasteiger partial charge in [0.15, 0.2) is 17.6 Å². The Balaban J connectivity index is 1.30. The number of ether oxygens (including phenoxy) is 3. The molecule has 2 aliphatic rings. The van der Waals surface area contributed by atoms with Crippen molar-refractivity contribution in [2.24, 2.45) is 5.92 Å². The van der Waals surface area contributed by atoms with Crippen molar-refractivity contribution in [2.75, 3.05) is 6.79 Å². The average molecular weight is 416 g/mol. The molecule has 7 heteroatoms. The van der Waals surface area contributed by atoms with Crippen LogP contribution in [0.5, 0.6) is 11.5 Å². The molecular formula is C22H25NO5S. The molecule has 0 saturated heterocycles. The Morgan fingerprint density at radius 3 is 2.93 bits per heavy atom. The molecule has 1 aromatic heterocycles. The third-order valence-electron chi connectivity index (χ3n) is 5.52. The molecule has 1 aliphatic carbocycles. The summed E-state index contributed by atoms with van der Waals surface area (Å²) in [5.74, 6) is 1.31. The standard InChI is InChI=1S/C22H25NO5S/c1-3-14-5-7-19-16(8-14)10-20(29-19)22(25)28-13(2)21(24)23-11-15-4-6-17-18(9-15)27-12-26-17/h4,6,9-10,13-14H,3,5,7-8,11-12H2,1-2H3,(H,23,24)/t13-,14-/m0/s1. The van der Waals surface area contributed by atoms with Gasteiger partial charge < -0.3 is 19.5 Å². The largest absolute Gasteiger partial charge is 0.454 e. The first kappa shape index (κ1) is 19.8. The first-order valence-corrected chi connectivity index (χ1v) is 10.8. The van der Waals surface area contributed by atoms with E-state index < -0.39 is 12.1 Å². The summed E-state index contributed by atoms with van der Waals surface area (Å²) in [6, 6.07) is 7.46. The number of aryl methyl sites for hydroxylation is 1. The first-order valence-electron chi connectivity index (χ1n) is 10.0. The summed E-state index contributed by atoms with van der Waals surface area (Å²) in [7, 11) is 0. The average Bonchev–Trinajstić information content (AvgIpc) is 3.37. The zero-order chi connectivity index (χ0) is 20.4. The van der Waals surface area contributed by atoms with Crippen LogP contribution in [0.15, 0.2) is 24.3 Å². The highest BCUT2D eigenvalue weighted by molar-refractivity contribution is 7.14. The second-order valence-corrected chi connectivity index (χ2v) is 8.67. The van der Waals surface area contributed by atoms with Crippen molar-refractivity contribution < 1.29 is 23.8 Å². The molecule has 1 amide bonds. The quantitative estimate of drug-likeness (QED) is 0.726. The van der Waals surface area contributed by atoms with Crippen molar-refractivity contribution >= 4 is 23.2 Å². The molecule has 154 valence electrons. The van der Waals surface area contributed by atoms with Crippen LogP contribution in [0.25, 0.3) is 0 Å². The van der Waals surface area contributed by atoms with Crippen molar-refractivity contribution in [1.29, 1.82) is 0 Å². The molecule has 0 bridgehead atoms. The Bertz CT molecular complexity index is 922. The molecule has 6 nitrogen and oxygen atoms in total. The van der Waals surface area contributed by atoms with Crippen LogP contribution < -0.4 is 14.8 Å². The number of carbonyl (C=O) groups is 2. The van der Waals surface area contributed by atoms with Crippen LogP contribution in [0.1, 0.15) is 52.4 Å². The molecule has 2 atom stereocenters. The first-order chi connectivity index (χ1) is 14.0. The van der Waals surface area contributed by atoms with Gasteiger partial charge in [0, 0.05) is 11.4 Å². The lowest BCUT2D eigenvalue weighted by Crippen LogP contribution is -2.35. The van der Waals surface area contributed by atoms with E-state index in [2.05, 4.69) is 12.2 Å². The number of esters is 1. The fourth-order valence-corrected chi connectivity index (χ4v) is 4.80. The van der Waals surface area contributed by atoms with Gasteiger partial charge in [-0.1, -0.05) is 19.4 Å². The van der Waals surface area contributed by atoms with E-state index >= 15 is 0 Å². The minimum atomic E-state index is -0.862. The Kier molecular flexibility index (Phi) is 5.76. The summed E-state index contributed by atoms with van der Waals surface area (Å²) in [4.78, 5) is 26.7. The molecule has 4 rings (SSSR count). The fourth-order valence-electron chi connectivity index (χ4n) is 3.70. The van der Waals surface area contributed by atoms with Gasteiger partial charge in [-0.05, 0) is 61.4 Å². The SMILES string of the molecule is CC[C@H]1CCc2sc(C(=O)O[C@@H](C)C(=O)NCc3ccc4c(c3)OCO4)cc2C1. The van der Waals surface area contributed by atoms with Gasteiger partial charge in [0.2, 0.25) is 6.79 Å². The number of hydrogen-bond donors (Lipinski definition) is 1. The van der Waals surface area contributed by atoms with Gasteiger partial charge in [0.25, 0.3) is 5.91 Å². The second kappa shape index (κ2) is 8.45. The van der Waals surface area contributed by atoms with Gasteiger partial charge >= 0.3 is 5.97 Å². The smallest absolute Gasteiger partial charge is 0.349 e. The predicted octanol–water partition coefficient (Wildman–Crippen LogP) is 3.85. The van der Waals surface area contributed by atoms with Crippen LogP contribution in [-0.2, 0) is 28.9 Å². The van der Waals surface area contributed by atoms with E-state index in [-0.39, 0.29) is 12.7 Å². The third kappa shape index (κ3) is 4.40. The maximum Gasteiger partial charge on any atom is 0.349 e. The Labute approximate surface area is 174 Å². The fraction of sp³-hybridized carbons (Fsp3) is 0.455. The van der Waals surface area contributed by atoms with Crippen molar-refractivity contribution in [1.82, 2.24) is 5.32 Å². The van der Waals surface area contributed by atoms with Crippen LogP contribution in [-0.4, -0.2) is 24.8 Å². The predicted molar refractivity (Wildman–Crippen MR) is 109 cm³/mol. The van der Waals surface area contributed by atoms with Crippen LogP contribution >= 0.6 is 11.3 Å². The van der Waals surface area contributed by atoms with Gasteiger partial charge in [-0.25, -0.2) is 4.79 Å². The van der Waals surface area contributed by atoms with Crippen LogP contribution in [0.2, 0.25) is 0 Å². The lowest BCUT2D eigenvalue weighted by Gasteiger charge is -2.19. The topological polar surface area (TPSA) is 73.9 Å². The molecule has 1 N–H and O–H groups in total. The molecule has 0 fully saturated rings. The zero-order valence-electron chi connectivity index (χ0n) is 16.7. The minimum absolute atomic E-state index is 0.212. The monoisotopic (exact) mass is 415 g/mol. The van der Waals surface area contributed by atoms with Crippen LogP contribution in [0.3, 0.4) is 0 Å². The van der Waals surface area contributed by atoms with Gasteiger partial charge in [0.1, 0.15) is 4.88 Å². The lowest BCUT2D eigenvalue weighted by atomic mass is 9.87. The molecule has 0 radical (unpaired) electrons. The molecule has 2 heterocycles. The normalized spacial score (nSPS) is 18.1. The number of benzene rings is 1. The molecule has 1 aliphatic heterocycles. The van der Waals surface area contributed by atoms with Gasteiger partial charge in [-0.15, -0.1) is 11.3 Å². The second-order valence-electron chi connectivity index (χ2n) is 7.53. The van der Waals surface area contributed by atoms with Gasteiger partial charge in [-0.3, -0.25) is 4.79 Å². The van der Waals surface area contributed by atoms with E-state index in [4.69, 9.17) is 14.2 Å². The van der Waals surface area contributed by atoms with E-state index in [0.29, 0.717) is 28.8 Å². The van der Waals surface area contributed by atoms with Gasteiger partial charge in [0.05, 0.1) is 0 Å². The van der Waals surface area contributed by atoms with Crippen LogP contribution in [0, 0.1) is 5.92 Å². The number of rotatable bonds is 6. The number of hydrogen-bond acceptors (Lipinski definition) is 6. The maximum absolute atomic E-state index is 12.5. The lowest BCUT2D eigenvalue weighted by molar-refractivity contribution is -0.129. The minimum Gasteiger partial charge on any atom is -0.454 e. The van der Waals surface area contributed by atoms with Crippen molar-refractivity contribution in [3.63, 3.8) is 0 Å². The van der Waals surface area contributed by atoms with E-state index in [0.717, 1.165) is 24.8 Å². The highest BCUT2D eigenvalue weighted by Crippen LogP contribution is 2.34. The summed E-state index contributed by atoms with van der Waals surface area (Å²) in [5, 5.41) is 2.80. The number of fused-ring (bicyclic) bond motifs is 2. The van der Waals surface area contributed by atoms with E-state index in [1.807, 2.05) is 24.3 Å². The molecule has 0 spiro atoms. The van der Waals surface area contributed by atoms with Crippen molar-refractivity contribution in [3.05, 3.63) is 45.1 Å². The summed E-state index contributed by atoms with van der Waals surface area (Å²) in [6.45, 7) is 4.33. The highest BCUT2D eigenvalue weighted by atomic mass is 32.1. The maximum atomic E-state index is 12.5. The van der Waals surface area contributed by atoms with E-state index in [9.17, 15) is 9.59 Å². The number of amides is 1. The zero-order valence-corrected chi connectivity index (χ0v) is 17.5. The molecule has 2 aromatic rings. The summed E-state index contributed by atoms with van der Waals surface area (Å²) in [5.41, 5.74) is 2.15. The Hall–Kier alpha value is -2.54. The highest BCUT2D eigenvalue weighted by Gasteiger charge is 2.25. The third-order valence-corrected chi connectivity index (χ3v) is 6.74. The molecule has 0 unspecified atom stereocenters. The summed E-state index contributed by atoms with van der Waals surface area (Å²) < 4.78 is 16.0. The Morgan fingerprint density at radius 1 is 1.28 bits per heavy atom. The molecule has 29 heavy (non-hydrogen) atoms. The number of thiophene rings is 1. The summed E-state index contributed by atoms with van der Waals surface area (Å²) in [6.07, 6.45) is 3.53. The molecular weight excluding hydrogens is 390 g/mol. The van der Waals surface area contributed by atoms with Crippen LogP contribution in [0.4, 0.5) is 0 Å². The van der Waals surface area contributed by atoms with Crippen molar-refractivity contribution in [2.45, 2.75) is 52.2 Å².